The van der Waals surface area contributed by atoms with Crippen LogP contribution in [0, 0.1) is 0 Å². The van der Waals surface area contributed by atoms with Gasteiger partial charge >= 0.3 is 11.9 Å². The van der Waals surface area contributed by atoms with Crippen molar-refractivity contribution in [3.05, 3.63) is 71.3 Å². The summed E-state index contributed by atoms with van der Waals surface area (Å²) in [4.78, 5) is 15.6. The molecule has 0 aliphatic heterocycles. The number of aromatic carboxylic acids is 1. The monoisotopic (exact) mass is 413 g/mol. The van der Waals surface area contributed by atoms with E-state index in [1.54, 1.807) is 28.9 Å². The molecule has 1 heterocycles. The number of carbonyl (C=O) groups is 1. The number of rotatable bonds is 9. The van der Waals surface area contributed by atoms with E-state index in [9.17, 15) is 18.7 Å². The number of hydrogen-bond acceptors (Lipinski definition) is 3. The standard InChI is InChI=1S/C23H25F2N3O2/c1-3-4-7-14-28-20(26-22(27-28)23(2,24)25)15-16-10-12-17(13-11-16)18-8-5-6-9-19(18)21(29)30/h5-6,8-13H,3-4,7,14-15H2,1-2H3,(H,29,30). The molecule has 7 heteroatoms. The minimum absolute atomic E-state index is 0.232. The van der Waals surface area contributed by atoms with Gasteiger partial charge in [-0.25, -0.2) is 14.5 Å². The molecule has 0 fully saturated rings. The zero-order valence-corrected chi connectivity index (χ0v) is 17.1. The highest BCUT2D eigenvalue weighted by Crippen LogP contribution is 2.26. The Morgan fingerprint density at radius 2 is 1.80 bits per heavy atom. The van der Waals surface area contributed by atoms with Gasteiger partial charge in [-0.3, -0.25) is 0 Å². The predicted octanol–water partition coefficient (Wildman–Crippen LogP) is 5.54. The maximum atomic E-state index is 13.7. The van der Waals surface area contributed by atoms with Crippen LogP contribution in [0.2, 0.25) is 0 Å². The lowest BCUT2D eigenvalue weighted by molar-refractivity contribution is 0.00750. The number of aromatic nitrogens is 3. The molecule has 5 nitrogen and oxygen atoms in total. The van der Waals surface area contributed by atoms with Gasteiger partial charge in [0.1, 0.15) is 5.82 Å². The molecule has 0 radical (unpaired) electrons. The third kappa shape index (κ3) is 5.09. The Bertz CT molecular complexity index is 1010. The van der Waals surface area contributed by atoms with E-state index in [1.807, 2.05) is 24.3 Å². The zero-order valence-electron chi connectivity index (χ0n) is 17.1. The van der Waals surface area contributed by atoms with Crippen LogP contribution in [0.3, 0.4) is 0 Å². The van der Waals surface area contributed by atoms with E-state index in [4.69, 9.17) is 0 Å². The largest absolute Gasteiger partial charge is 0.478 e. The van der Waals surface area contributed by atoms with Crippen molar-refractivity contribution in [1.29, 1.82) is 0 Å². The van der Waals surface area contributed by atoms with Crippen LogP contribution in [0.15, 0.2) is 48.5 Å². The summed E-state index contributed by atoms with van der Waals surface area (Å²) >= 11 is 0. The van der Waals surface area contributed by atoms with Crippen LogP contribution >= 0.6 is 0 Å². The molecule has 0 saturated carbocycles. The first kappa shape index (κ1) is 21.6. The first-order valence-electron chi connectivity index (χ1n) is 10.0. The number of unbranched alkanes of at least 4 members (excludes halogenated alkanes) is 2. The van der Waals surface area contributed by atoms with Gasteiger partial charge in [0.05, 0.1) is 5.56 Å². The van der Waals surface area contributed by atoms with Crippen LogP contribution in [0.1, 0.15) is 60.7 Å². The molecular weight excluding hydrogens is 388 g/mol. The fraction of sp³-hybridized carbons (Fsp3) is 0.348. The molecule has 3 aromatic rings. The van der Waals surface area contributed by atoms with E-state index < -0.39 is 17.7 Å². The molecule has 2 aromatic carbocycles. The number of benzene rings is 2. The van der Waals surface area contributed by atoms with Gasteiger partial charge in [0.25, 0.3) is 0 Å². The SMILES string of the molecule is CCCCCn1nc(C(C)(F)F)nc1Cc1ccc(-c2ccccc2C(=O)O)cc1. The Labute approximate surface area is 174 Å². The van der Waals surface area contributed by atoms with Crippen molar-refractivity contribution in [2.45, 2.75) is 52.0 Å². The van der Waals surface area contributed by atoms with Crippen molar-refractivity contribution in [3.63, 3.8) is 0 Å². The average Bonchev–Trinajstić information content (AvgIpc) is 3.12. The number of carboxylic acid groups (broad SMARTS) is 1. The normalized spacial score (nSPS) is 11.6. The minimum Gasteiger partial charge on any atom is -0.478 e. The van der Waals surface area contributed by atoms with E-state index in [1.165, 1.54) is 0 Å². The van der Waals surface area contributed by atoms with E-state index in [-0.39, 0.29) is 5.56 Å². The number of carboxylic acids is 1. The molecular formula is C23H25F2N3O2. The Morgan fingerprint density at radius 1 is 1.10 bits per heavy atom. The number of hydrogen-bond donors (Lipinski definition) is 1. The van der Waals surface area contributed by atoms with Crippen molar-refractivity contribution in [2.24, 2.45) is 0 Å². The molecule has 0 aliphatic rings. The van der Waals surface area contributed by atoms with Crippen molar-refractivity contribution in [3.8, 4) is 11.1 Å². The van der Waals surface area contributed by atoms with Crippen LogP contribution in [0.25, 0.3) is 11.1 Å². The second-order valence-electron chi connectivity index (χ2n) is 7.39. The zero-order chi connectivity index (χ0) is 21.7. The molecule has 3 rings (SSSR count). The first-order chi connectivity index (χ1) is 14.3. The lowest BCUT2D eigenvalue weighted by atomic mass is 9.98. The summed E-state index contributed by atoms with van der Waals surface area (Å²) in [7, 11) is 0. The highest BCUT2D eigenvalue weighted by Gasteiger charge is 2.31. The van der Waals surface area contributed by atoms with Crippen LogP contribution in [0.5, 0.6) is 0 Å². The number of alkyl halides is 2. The lowest BCUT2D eigenvalue weighted by Gasteiger charge is -2.08. The van der Waals surface area contributed by atoms with Gasteiger partial charge in [-0.05, 0) is 29.2 Å². The Balaban J connectivity index is 1.85. The van der Waals surface area contributed by atoms with E-state index in [0.29, 0.717) is 24.4 Å². The molecule has 0 aliphatic carbocycles. The quantitative estimate of drug-likeness (QED) is 0.468. The topological polar surface area (TPSA) is 68.0 Å². The molecule has 1 aromatic heterocycles. The molecule has 0 spiro atoms. The Kier molecular flexibility index (Phi) is 6.59. The fourth-order valence-corrected chi connectivity index (χ4v) is 3.29. The molecule has 158 valence electrons. The van der Waals surface area contributed by atoms with Crippen molar-refractivity contribution in [2.75, 3.05) is 0 Å². The molecule has 0 unspecified atom stereocenters. The summed E-state index contributed by atoms with van der Waals surface area (Å²) in [5.41, 5.74) is 2.53. The summed E-state index contributed by atoms with van der Waals surface area (Å²) in [5.74, 6) is -4.03. The second-order valence-corrected chi connectivity index (χ2v) is 7.39. The summed E-state index contributed by atoms with van der Waals surface area (Å²) < 4.78 is 29.0. The Morgan fingerprint density at radius 3 is 2.43 bits per heavy atom. The van der Waals surface area contributed by atoms with Crippen LogP contribution in [0.4, 0.5) is 8.78 Å². The average molecular weight is 413 g/mol. The Hall–Kier alpha value is -3.09. The predicted molar refractivity (Wildman–Crippen MR) is 111 cm³/mol. The molecule has 0 atom stereocenters. The van der Waals surface area contributed by atoms with Gasteiger partial charge in [-0.1, -0.05) is 62.2 Å². The first-order valence-corrected chi connectivity index (χ1v) is 10.0. The van der Waals surface area contributed by atoms with Gasteiger partial charge in [0, 0.05) is 19.9 Å². The summed E-state index contributed by atoms with van der Waals surface area (Å²) in [6.07, 6.45) is 3.25. The lowest BCUT2D eigenvalue weighted by Crippen LogP contribution is -2.11. The maximum Gasteiger partial charge on any atom is 0.336 e. The van der Waals surface area contributed by atoms with Crippen LogP contribution < -0.4 is 0 Å². The van der Waals surface area contributed by atoms with Gasteiger partial charge in [-0.2, -0.15) is 8.78 Å². The highest BCUT2D eigenvalue weighted by atomic mass is 19.3. The number of nitrogens with zero attached hydrogens (tertiary/aromatic N) is 3. The van der Waals surface area contributed by atoms with Crippen LogP contribution in [-0.4, -0.2) is 25.8 Å². The van der Waals surface area contributed by atoms with E-state index in [0.717, 1.165) is 37.3 Å². The smallest absolute Gasteiger partial charge is 0.336 e. The third-order valence-corrected chi connectivity index (χ3v) is 4.90. The summed E-state index contributed by atoms with van der Waals surface area (Å²) in [5, 5.41) is 13.4. The van der Waals surface area contributed by atoms with Crippen molar-refractivity contribution in [1.82, 2.24) is 14.8 Å². The number of halogens is 2. The van der Waals surface area contributed by atoms with Gasteiger partial charge < -0.3 is 5.11 Å². The molecule has 0 saturated heterocycles. The number of aryl methyl sites for hydroxylation is 1. The minimum atomic E-state index is -3.09. The maximum absolute atomic E-state index is 13.7. The summed E-state index contributed by atoms with van der Waals surface area (Å²) in [6.45, 7) is 3.44. The fourth-order valence-electron chi connectivity index (χ4n) is 3.29. The molecule has 0 bridgehead atoms. The molecule has 1 N–H and O–H groups in total. The third-order valence-electron chi connectivity index (χ3n) is 4.90. The molecule has 0 amide bonds. The van der Waals surface area contributed by atoms with Gasteiger partial charge in [-0.15, -0.1) is 5.10 Å². The second kappa shape index (κ2) is 9.15. The van der Waals surface area contributed by atoms with Crippen molar-refractivity contribution < 1.29 is 18.7 Å². The van der Waals surface area contributed by atoms with Crippen molar-refractivity contribution >= 4 is 5.97 Å². The van der Waals surface area contributed by atoms with Crippen LogP contribution in [-0.2, 0) is 18.9 Å². The van der Waals surface area contributed by atoms with E-state index >= 15 is 0 Å². The van der Waals surface area contributed by atoms with Gasteiger partial charge in [0.2, 0.25) is 5.82 Å². The van der Waals surface area contributed by atoms with Gasteiger partial charge in [0.15, 0.2) is 0 Å². The van der Waals surface area contributed by atoms with E-state index in [2.05, 4.69) is 17.0 Å². The summed E-state index contributed by atoms with van der Waals surface area (Å²) in [6, 6.07) is 14.2. The highest BCUT2D eigenvalue weighted by molar-refractivity contribution is 5.95. The molecule has 30 heavy (non-hydrogen) atoms.